The standard InChI is InChI=1S/C11H13ClN2S4/c1-2-3-6-15-10-13-14-11(18-10)16-7-8-4-5-9(12)17-8/h4-5H,2-3,6-7H2,1H3. The molecule has 0 amide bonds. The maximum Gasteiger partial charge on any atom is 0.175 e. The Labute approximate surface area is 129 Å². The molecule has 18 heavy (non-hydrogen) atoms. The monoisotopic (exact) mass is 336 g/mol. The number of hydrogen-bond donors (Lipinski definition) is 0. The van der Waals surface area contributed by atoms with Gasteiger partial charge in [0.15, 0.2) is 8.68 Å². The second-order valence-electron chi connectivity index (χ2n) is 3.53. The molecular weight excluding hydrogens is 324 g/mol. The third-order valence-corrected chi connectivity index (χ3v) is 6.82. The van der Waals surface area contributed by atoms with E-state index in [-0.39, 0.29) is 0 Å². The predicted molar refractivity (Wildman–Crippen MR) is 84.4 cm³/mol. The fraction of sp³-hybridized carbons (Fsp3) is 0.455. The summed E-state index contributed by atoms with van der Waals surface area (Å²) >= 11 is 12.7. The van der Waals surface area contributed by atoms with Crippen molar-refractivity contribution in [1.29, 1.82) is 0 Å². The van der Waals surface area contributed by atoms with Gasteiger partial charge in [0.05, 0.1) is 4.34 Å². The van der Waals surface area contributed by atoms with Crippen LogP contribution in [0.15, 0.2) is 20.8 Å². The highest BCUT2D eigenvalue weighted by molar-refractivity contribution is 8.02. The minimum atomic E-state index is 0.846. The summed E-state index contributed by atoms with van der Waals surface area (Å²) in [5.74, 6) is 2.06. The van der Waals surface area contributed by atoms with Crippen LogP contribution in [0.1, 0.15) is 24.6 Å². The normalized spacial score (nSPS) is 11.0. The lowest BCUT2D eigenvalue weighted by molar-refractivity contribution is 0.892. The van der Waals surface area contributed by atoms with Crippen molar-refractivity contribution >= 4 is 57.8 Å². The number of halogens is 1. The molecule has 0 unspecified atom stereocenters. The molecule has 98 valence electrons. The van der Waals surface area contributed by atoms with Crippen LogP contribution in [0.4, 0.5) is 0 Å². The quantitative estimate of drug-likeness (QED) is 0.497. The molecule has 0 radical (unpaired) electrons. The Hall–Kier alpha value is 0.250. The van der Waals surface area contributed by atoms with Gasteiger partial charge in [-0.3, -0.25) is 0 Å². The molecule has 2 heterocycles. The van der Waals surface area contributed by atoms with Gasteiger partial charge in [-0.2, -0.15) is 0 Å². The first kappa shape index (κ1) is 14.7. The highest BCUT2D eigenvalue weighted by Crippen LogP contribution is 2.33. The fourth-order valence-electron chi connectivity index (χ4n) is 1.18. The molecule has 2 aromatic rings. The van der Waals surface area contributed by atoms with Crippen molar-refractivity contribution in [3.8, 4) is 0 Å². The van der Waals surface area contributed by atoms with E-state index in [1.54, 1.807) is 46.2 Å². The second kappa shape index (κ2) is 7.75. The smallest absolute Gasteiger partial charge is 0.131 e. The van der Waals surface area contributed by atoms with E-state index in [2.05, 4.69) is 23.2 Å². The van der Waals surface area contributed by atoms with Crippen LogP contribution in [0.2, 0.25) is 4.34 Å². The summed E-state index contributed by atoms with van der Waals surface area (Å²) in [7, 11) is 0. The largest absolute Gasteiger partial charge is 0.175 e. The second-order valence-corrected chi connectivity index (χ2v) is 8.87. The van der Waals surface area contributed by atoms with Gasteiger partial charge in [-0.05, 0) is 18.6 Å². The van der Waals surface area contributed by atoms with Crippen LogP contribution in [-0.4, -0.2) is 16.0 Å². The molecule has 0 fully saturated rings. The average molecular weight is 337 g/mol. The van der Waals surface area contributed by atoms with E-state index in [1.165, 1.54) is 17.7 Å². The van der Waals surface area contributed by atoms with Gasteiger partial charge >= 0.3 is 0 Å². The van der Waals surface area contributed by atoms with Gasteiger partial charge in [0.2, 0.25) is 0 Å². The number of thioether (sulfide) groups is 2. The van der Waals surface area contributed by atoms with Crippen molar-refractivity contribution in [2.45, 2.75) is 34.2 Å². The molecule has 7 heteroatoms. The minimum absolute atomic E-state index is 0.846. The summed E-state index contributed by atoms with van der Waals surface area (Å²) in [6.07, 6.45) is 2.47. The van der Waals surface area contributed by atoms with Gasteiger partial charge in [0.1, 0.15) is 0 Å². The van der Waals surface area contributed by atoms with Crippen LogP contribution in [0.25, 0.3) is 0 Å². The average Bonchev–Trinajstić information content (AvgIpc) is 2.96. The molecule has 0 N–H and O–H groups in total. The van der Waals surface area contributed by atoms with E-state index in [0.717, 1.165) is 24.5 Å². The molecule has 0 saturated carbocycles. The Morgan fingerprint density at radius 2 is 1.94 bits per heavy atom. The molecule has 0 spiro atoms. The Balaban J connectivity index is 1.79. The first-order valence-corrected chi connectivity index (χ1v) is 9.59. The van der Waals surface area contributed by atoms with Crippen LogP contribution >= 0.6 is 57.8 Å². The zero-order valence-corrected chi connectivity index (χ0v) is 13.9. The van der Waals surface area contributed by atoms with Gasteiger partial charge in [-0.1, -0.05) is 59.8 Å². The molecule has 0 aromatic carbocycles. The molecule has 0 aliphatic rings. The lowest BCUT2D eigenvalue weighted by Crippen LogP contribution is -1.77. The van der Waals surface area contributed by atoms with Crippen LogP contribution < -0.4 is 0 Å². The zero-order valence-electron chi connectivity index (χ0n) is 9.89. The number of aromatic nitrogens is 2. The Bertz CT molecular complexity index is 483. The lowest BCUT2D eigenvalue weighted by atomic mass is 10.4. The molecule has 0 aliphatic heterocycles. The molecule has 0 atom stereocenters. The first-order valence-electron chi connectivity index (χ1n) is 5.61. The summed E-state index contributed by atoms with van der Waals surface area (Å²) in [6.45, 7) is 2.20. The van der Waals surface area contributed by atoms with Crippen molar-refractivity contribution in [3.05, 3.63) is 21.3 Å². The third kappa shape index (κ3) is 4.74. The van der Waals surface area contributed by atoms with Gasteiger partial charge in [-0.25, -0.2) is 0 Å². The first-order chi connectivity index (χ1) is 8.78. The van der Waals surface area contributed by atoms with Crippen molar-refractivity contribution in [2.75, 3.05) is 5.75 Å². The van der Waals surface area contributed by atoms with E-state index in [1.807, 2.05) is 6.07 Å². The third-order valence-electron chi connectivity index (χ3n) is 2.08. The van der Waals surface area contributed by atoms with Crippen LogP contribution in [0, 0.1) is 0 Å². The van der Waals surface area contributed by atoms with Gasteiger partial charge < -0.3 is 0 Å². The van der Waals surface area contributed by atoms with E-state index in [4.69, 9.17) is 11.6 Å². The summed E-state index contributed by atoms with van der Waals surface area (Å²) in [5, 5.41) is 8.39. The van der Waals surface area contributed by atoms with Crippen LogP contribution in [-0.2, 0) is 5.75 Å². The number of hydrogen-bond acceptors (Lipinski definition) is 6. The zero-order chi connectivity index (χ0) is 12.8. The number of nitrogens with zero attached hydrogens (tertiary/aromatic N) is 2. The van der Waals surface area contributed by atoms with E-state index in [0.29, 0.717) is 0 Å². The summed E-state index contributed by atoms with van der Waals surface area (Å²) in [5.41, 5.74) is 0. The van der Waals surface area contributed by atoms with Crippen molar-refractivity contribution in [2.24, 2.45) is 0 Å². The number of rotatable bonds is 7. The lowest BCUT2D eigenvalue weighted by Gasteiger charge is -1.93. The maximum absolute atomic E-state index is 5.90. The summed E-state index contributed by atoms with van der Waals surface area (Å²) < 4.78 is 2.97. The van der Waals surface area contributed by atoms with Crippen molar-refractivity contribution in [1.82, 2.24) is 10.2 Å². The van der Waals surface area contributed by atoms with E-state index in [9.17, 15) is 0 Å². The number of thiophene rings is 1. The maximum atomic E-state index is 5.90. The summed E-state index contributed by atoms with van der Waals surface area (Å²) in [6, 6.07) is 4.01. The van der Waals surface area contributed by atoms with E-state index >= 15 is 0 Å². The minimum Gasteiger partial charge on any atom is -0.131 e. The topological polar surface area (TPSA) is 25.8 Å². The SMILES string of the molecule is CCCCSc1nnc(SCc2ccc(Cl)s2)s1. The Morgan fingerprint density at radius 1 is 1.17 bits per heavy atom. The fourth-order valence-corrected chi connectivity index (χ4v) is 5.48. The molecule has 2 aromatic heterocycles. The van der Waals surface area contributed by atoms with Crippen LogP contribution in [0.3, 0.4) is 0 Å². The Morgan fingerprint density at radius 3 is 2.61 bits per heavy atom. The van der Waals surface area contributed by atoms with Crippen molar-refractivity contribution in [3.63, 3.8) is 0 Å². The predicted octanol–water partition coefficient (Wildman–Crippen LogP) is 5.44. The molecule has 0 bridgehead atoms. The number of unbranched alkanes of at least 4 members (excludes halogenated alkanes) is 1. The molecule has 2 nitrogen and oxygen atoms in total. The van der Waals surface area contributed by atoms with E-state index < -0.39 is 0 Å². The highest BCUT2D eigenvalue weighted by atomic mass is 35.5. The molecule has 2 rings (SSSR count). The summed E-state index contributed by atoms with van der Waals surface area (Å²) in [4.78, 5) is 1.28. The molecular formula is C11H13ClN2S4. The molecule has 0 saturated heterocycles. The highest BCUT2D eigenvalue weighted by Gasteiger charge is 2.06. The van der Waals surface area contributed by atoms with Gasteiger partial charge in [-0.15, -0.1) is 21.5 Å². The Kier molecular flexibility index (Phi) is 6.31. The van der Waals surface area contributed by atoms with Crippen molar-refractivity contribution < 1.29 is 0 Å². The van der Waals surface area contributed by atoms with Gasteiger partial charge in [0.25, 0.3) is 0 Å². The molecule has 0 aliphatic carbocycles. The van der Waals surface area contributed by atoms with Gasteiger partial charge in [0, 0.05) is 16.4 Å². The van der Waals surface area contributed by atoms with Crippen LogP contribution in [0.5, 0.6) is 0 Å².